The van der Waals surface area contributed by atoms with Crippen LogP contribution in [0.3, 0.4) is 0 Å². The van der Waals surface area contributed by atoms with E-state index in [1.54, 1.807) is 30.0 Å². The van der Waals surface area contributed by atoms with Crippen LogP contribution in [0.15, 0.2) is 24.3 Å². The molecule has 0 aromatic heterocycles. The van der Waals surface area contributed by atoms with Gasteiger partial charge in [-0.3, -0.25) is 9.59 Å². The van der Waals surface area contributed by atoms with E-state index in [2.05, 4.69) is 0 Å². The molecule has 1 aromatic carbocycles. The predicted molar refractivity (Wildman–Crippen MR) is 78.8 cm³/mol. The number of hydrogen-bond donors (Lipinski definition) is 1. The highest BCUT2D eigenvalue weighted by molar-refractivity contribution is 5.84. The number of carbonyl (C=O) groups excluding carboxylic acids is 1. The number of halogens is 1. The van der Waals surface area contributed by atoms with Crippen LogP contribution < -0.4 is 0 Å². The minimum atomic E-state index is -0.889. The van der Waals surface area contributed by atoms with E-state index in [9.17, 15) is 14.0 Å². The van der Waals surface area contributed by atoms with Gasteiger partial charge in [0.15, 0.2) is 0 Å². The Morgan fingerprint density at radius 2 is 2.05 bits per heavy atom. The third kappa shape index (κ3) is 2.98. The Bertz CT molecular complexity index is 599. The van der Waals surface area contributed by atoms with Crippen LogP contribution in [0.1, 0.15) is 37.7 Å². The maximum Gasteiger partial charge on any atom is 0.308 e. The van der Waals surface area contributed by atoms with Crippen molar-refractivity contribution in [2.45, 2.75) is 38.1 Å². The van der Waals surface area contributed by atoms with Gasteiger partial charge in [0.2, 0.25) is 5.91 Å². The van der Waals surface area contributed by atoms with Gasteiger partial charge in [-0.05, 0) is 36.8 Å². The molecule has 2 saturated carbocycles. The molecule has 0 heterocycles. The molecular formula is C17H20FNO3. The van der Waals surface area contributed by atoms with Gasteiger partial charge >= 0.3 is 5.97 Å². The first-order valence-electron chi connectivity index (χ1n) is 7.76. The van der Waals surface area contributed by atoms with E-state index in [0.717, 1.165) is 12.8 Å². The Balaban J connectivity index is 1.68. The maximum absolute atomic E-state index is 13.8. The molecule has 0 bridgehead atoms. The topological polar surface area (TPSA) is 57.6 Å². The summed E-state index contributed by atoms with van der Waals surface area (Å²) in [5, 5.41) is 9.05. The third-order valence-electron chi connectivity index (χ3n) is 4.58. The average molecular weight is 305 g/mol. The van der Waals surface area contributed by atoms with E-state index in [-0.39, 0.29) is 36.1 Å². The van der Waals surface area contributed by atoms with Gasteiger partial charge in [-0.25, -0.2) is 4.39 Å². The highest BCUT2D eigenvalue weighted by Gasteiger charge is 2.49. The van der Waals surface area contributed by atoms with Crippen molar-refractivity contribution in [2.75, 3.05) is 6.54 Å². The van der Waals surface area contributed by atoms with Crippen LogP contribution >= 0.6 is 0 Å². The Morgan fingerprint density at radius 1 is 1.36 bits per heavy atom. The van der Waals surface area contributed by atoms with Gasteiger partial charge < -0.3 is 10.0 Å². The van der Waals surface area contributed by atoms with Crippen LogP contribution in [0, 0.1) is 17.7 Å². The summed E-state index contributed by atoms with van der Waals surface area (Å²) in [6, 6.07) is 6.75. The highest BCUT2D eigenvalue weighted by Crippen LogP contribution is 2.50. The van der Waals surface area contributed by atoms with Crippen molar-refractivity contribution in [1.82, 2.24) is 4.90 Å². The fraction of sp³-hybridized carbons (Fsp3) is 0.529. The molecule has 22 heavy (non-hydrogen) atoms. The number of nitrogens with zero attached hydrogens (tertiary/aromatic N) is 1. The number of carbonyl (C=O) groups is 2. The second-order valence-corrected chi connectivity index (χ2v) is 6.43. The second kappa shape index (κ2) is 5.71. The van der Waals surface area contributed by atoms with Gasteiger partial charge in [0.1, 0.15) is 5.82 Å². The van der Waals surface area contributed by atoms with Crippen LogP contribution in [0.5, 0.6) is 0 Å². The summed E-state index contributed by atoms with van der Waals surface area (Å²) in [7, 11) is 0. The summed E-state index contributed by atoms with van der Waals surface area (Å²) in [6.07, 6.45) is 2.54. The molecule has 118 valence electrons. The lowest BCUT2D eigenvalue weighted by Crippen LogP contribution is -2.39. The number of rotatable bonds is 6. The quantitative estimate of drug-likeness (QED) is 0.879. The van der Waals surface area contributed by atoms with Crippen molar-refractivity contribution < 1.29 is 19.1 Å². The first-order valence-corrected chi connectivity index (χ1v) is 7.76. The Morgan fingerprint density at radius 3 is 2.64 bits per heavy atom. The van der Waals surface area contributed by atoms with Gasteiger partial charge in [-0.15, -0.1) is 0 Å². The van der Waals surface area contributed by atoms with Crippen molar-refractivity contribution >= 4 is 11.9 Å². The monoisotopic (exact) mass is 305 g/mol. The fourth-order valence-corrected chi connectivity index (χ4v) is 2.98. The second-order valence-electron chi connectivity index (χ2n) is 6.43. The number of carboxylic acid groups (broad SMARTS) is 1. The largest absolute Gasteiger partial charge is 0.481 e. The van der Waals surface area contributed by atoms with Crippen molar-refractivity contribution in [2.24, 2.45) is 11.8 Å². The number of amides is 1. The average Bonchev–Trinajstić information content (AvgIpc) is 3.37. The molecule has 2 aliphatic carbocycles. The molecule has 0 aliphatic heterocycles. The smallest absolute Gasteiger partial charge is 0.308 e. The zero-order valence-corrected chi connectivity index (χ0v) is 12.5. The van der Waals surface area contributed by atoms with Crippen LogP contribution in [0.4, 0.5) is 4.39 Å². The summed E-state index contributed by atoms with van der Waals surface area (Å²) >= 11 is 0. The van der Waals surface area contributed by atoms with Crippen molar-refractivity contribution in [3.8, 4) is 0 Å². The van der Waals surface area contributed by atoms with Crippen LogP contribution in [-0.2, 0) is 9.59 Å². The molecule has 5 heteroatoms. The lowest BCUT2D eigenvalue weighted by molar-refractivity contribution is -0.143. The minimum absolute atomic E-state index is 0.0103. The minimum Gasteiger partial charge on any atom is -0.481 e. The van der Waals surface area contributed by atoms with E-state index in [4.69, 9.17) is 5.11 Å². The van der Waals surface area contributed by atoms with Gasteiger partial charge in [0.05, 0.1) is 5.92 Å². The summed E-state index contributed by atoms with van der Waals surface area (Å²) in [5.41, 5.74) is 0.600. The fourth-order valence-electron chi connectivity index (χ4n) is 2.98. The zero-order valence-electron chi connectivity index (χ0n) is 12.5. The van der Waals surface area contributed by atoms with E-state index >= 15 is 0 Å². The molecule has 0 unspecified atom stereocenters. The van der Waals surface area contributed by atoms with Gasteiger partial charge in [-0.2, -0.15) is 0 Å². The first-order chi connectivity index (χ1) is 10.5. The normalized spacial score (nSPS) is 24.6. The van der Waals surface area contributed by atoms with Crippen molar-refractivity contribution in [3.63, 3.8) is 0 Å². The maximum atomic E-state index is 13.8. The Labute approximate surface area is 128 Å². The lowest BCUT2D eigenvalue weighted by atomic mass is 10.1. The molecule has 2 aliphatic rings. The highest BCUT2D eigenvalue weighted by atomic mass is 19.1. The Hall–Kier alpha value is -1.91. The van der Waals surface area contributed by atoms with Crippen LogP contribution in [0.2, 0.25) is 0 Å². The number of benzene rings is 1. The molecule has 3 atom stereocenters. The zero-order chi connectivity index (χ0) is 15.9. The number of hydrogen-bond acceptors (Lipinski definition) is 2. The molecule has 1 amide bonds. The Kier molecular flexibility index (Phi) is 3.89. The van der Waals surface area contributed by atoms with Crippen LogP contribution in [0.25, 0.3) is 0 Å². The molecule has 4 nitrogen and oxygen atoms in total. The van der Waals surface area contributed by atoms with E-state index in [1.165, 1.54) is 6.07 Å². The molecule has 2 fully saturated rings. The predicted octanol–water partition coefficient (Wildman–Crippen LogP) is 2.64. The molecule has 1 N–H and O–H groups in total. The number of carboxylic acids is 1. The van der Waals surface area contributed by atoms with Gasteiger partial charge in [0, 0.05) is 18.5 Å². The SMILES string of the molecule is C[C@H](CN(C(=O)[C@H]1C[C@@H]1c1ccccc1F)C1CC1)C(=O)O. The molecule has 1 aromatic rings. The summed E-state index contributed by atoms with van der Waals surface area (Å²) < 4.78 is 13.8. The van der Waals surface area contributed by atoms with Crippen molar-refractivity contribution in [1.29, 1.82) is 0 Å². The lowest BCUT2D eigenvalue weighted by Gasteiger charge is -2.24. The molecule has 0 saturated heterocycles. The van der Waals surface area contributed by atoms with Gasteiger partial charge in [-0.1, -0.05) is 25.1 Å². The molecule has 3 rings (SSSR count). The standard InChI is InChI=1S/C17H20FNO3/c1-10(17(21)22)9-19(11-6-7-11)16(20)14-8-13(14)12-4-2-3-5-15(12)18/h2-5,10-11,13-14H,6-9H2,1H3,(H,21,22)/t10-,13-,14+/m1/s1. The van der Waals surface area contributed by atoms with Crippen molar-refractivity contribution in [3.05, 3.63) is 35.6 Å². The van der Waals surface area contributed by atoms with Gasteiger partial charge in [0.25, 0.3) is 0 Å². The molecular weight excluding hydrogens is 285 g/mol. The van der Waals surface area contributed by atoms with E-state index in [1.807, 2.05) is 0 Å². The molecule has 0 spiro atoms. The molecule has 0 radical (unpaired) electrons. The van der Waals surface area contributed by atoms with E-state index in [0.29, 0.717) is 12.0 Å². The third-order valence-corrected chi connectivity index (χ3v) is 4.58. The summed E-state index contributed by atoms with van der Waals surface area (Å²) in [5.74, 6) is -1.99. The summed E-state index contributed by atoms with van der Waals surface area (Å²) in [4.78, 5) is 25.4. The summed E-state index contributed by atoms with van der Waals surface area (Å²) in [6.45, 7) is 1.87. The number of aliphatic carboxylic acids is 1. The van der Waals surface area contributed by atoms with E-state index < -0.39 is 11.9 Å². The van der Waals surface area contributed by atoms with Crippen LogP contribution in [-0.4, -0.2) is 34.5 Å². The first kappa shape index (κ1) is 15.0.